The van der Waals surface area contributed by atoms with Gasteiger partial charge in [-0.25, -0.2) is 4.79 Å². The Morgan fingerprint density at radius 1 is 1.12 bits per heavy atom. The Bertz CT molecular complexity index is 591. The molecular weight excluding hydrogens is 310 g/mol. The average molecular weight is 335 g/mol. The van der Waals surface area contributed by atoms with Gasteiger partial charge in [-0.3, -0.25) is 4.79 Å². The Labute approximate surface area is 142 Å². The first-order chi connectivity index (χ1) is 11.5. The third kappa shape index (κ3) is 4.63. The maximum atomic E-state index is 12.4. The number of carbonyl (C=O) groups excluding carboxylic acids is 1. The van der Waals surface area contributed by atoms with Crippen LogP contribution >= 0.6 is 0 Å². The molecule has 1 aliphatic rings. The van der Waals surface area contributed by atoms with Gasteiger partial charge in [0.15, 0.2) is 11.5 Å². The average Bonchev–Trinajstić information content (AvgIpc) is 2.82. The minimum atomic E-state index is -1.09. The minimum absolute atomic E-state index is 0.0393. The highest BCUT2D eigenvalue weighted by Crippen LogP contribution is 2.37. The van der Waals surface area contributed by atoms with E-state index < -0.39 is 5.97 Å². The van der Waals surface area contributed by atoms with E-state index in [1.54, 1.807) is 0 Å². The molecule has 2 N–H and O–H groups in total. The van der Waals surface area contributed by atoms with Crippen molar-refractivity contribution >= 4 is 17.6 Å². The summed E-state index contributed by atoms with van der Waals surface area (Å²) < 4.78 is 10.5. The molecule has 0 unspecified atom stereocenters. The van der Waals surface area contributed by atoms with Crippen molar-refractivity contribution in [3.8, 4) is 11.5 Å². The molecule has 1 amide bonds. The fraction of sp³-hybridized carbons (Fsp3) is 0.556. The van der Waals surface area contributed by atoms with Gasteiger partial charge in [0, 0.05) is 6.42 Å². The second kappa shape index (κ2) is 8.57. The van der Waals surface area contributed by atoms with Crippen molar-refractivity contribution in [3.05, 3.63) is 17.7 Å². The zero-order valence-electron chi connectivity index (χ0n) is 14.3. The number of amides is 1. The fourth-order valence-corrected chi connectivity index (χ4v) is 3.21. The summed E-state index contributed by atoms with van der Waals surface area (Å²) in [7, 11) is 2.89. The number of carbonyl (C=O) groups is 2. The lowest BCUT2D eigenvalue weighted by Gasteiger charge is -2.17. The molecule has 6 heteroatoms. The molecule has 0 aromatic heterocycles. The molecule has 1 saturated carbocycles. The fourth-order valence-electron chi connectivity index (χ4n) is 3.21. The Morgan fingerprint density at radius 3 is 2.33 bits per heavy atom. The first-order valence-electron chi connectivity index (χ1n) is 8.34. The molecule has 0 heterocycles. The van der Waals surface area contributed by atoms with E-state index in [1.807, 2.05) is 0 Å². The van der Waals surface area contributed by atoms with E-state index in [1.165, 1.54) is 52.0 Å². The Kier molecular flexibility index (Phi) is 6.46. The molecule has 1 aliphatic carbocycles. The molecular formula is C18H25NO5. The van der Waals surface area contributed by atoms with Crippen LogP contribution in [0, 0.1) is 5.92 Å². The van der Waals surface area contributed by atoms with Gasteiger partial charge in [-0.05, 0) is 30.9 Å². The first kappa shape index (κ1) is 18.1. The predicted molar refractivity (Wildman–Crippen MR) is 90.9 cm³/mol. The number of carboxylic acid groups (broad SMARTS) is 1. The lowest BCUT2D eigenvalue weighted by Crippen LogP contribution is -2.17. The Morgan fingerprint density at radius 2 is 1.79 bits per heavy atom. The van der Waals surface area contributed by atoms with Crippen molar-refractivity contribution in [3.63, 3.8) is 0 Å². The van der Waals surface area contributed by atoms with Crippen LogP contribution in [0.2, 0.25) is 0 Å². The molecule has 132 valence electrons. The molecule has 6 nitrogen and oxygen atoms in total. The zero-order valence-corrected chi connectivity index (χ0v) is 14.3. The van der Waals surface area contributed by atoms with Crippen LogP contribution in [0.5, 0.6) is 11.5 Å². The standard InChI is InChI=1S/C18H25NO5/c1-23-15-11-13(18(21)22)10-14(17(15)24-2)19-16(20)9-12-7-5-3-4-6-8-12/h10-12H,3-9H2,1-2H3,(H,19,20)(H,21,22). The second-order valence-electron chi connectivity index (χ2n) is 6.17. The molecule has 1 aromatic carbocycles. The maximum absolute atomic E-state index is 12.4. The van der Waals surface area contributed by atoms with Crippen LogP contribution in [0.25, 0.3) is 0 Å². The predicted octanol–water partition coefficient (Wildman–Crippen LogP) is 3.70. The SMILES string of the molecule is COc1cc(C(=O)O)cc(NC(=O)CC2CCCCCC2)c1OC. The maximum Gasteiger partial charge on any atom is 0.335 e. The van der Waals surface area contributed by atoms with Crippen molar-refractivity contribution in [1.29, 1.82) is 0 Å². The number of anilines is 1. The van der Waals surface area contributed by atoms with E-state index in [-0.39, 0.29) is 17.2 Å². The number of rotatable bonds is 6. The number of ether oxygens (including phenoxy) is 2. The van der Waals surface area contributed by atoms with Crippen LogP contribution in [-0.4, -0.2) is 31.2 Å². The van der Waals surface area contributed by atoms with Crippen molar-refractivity contribution < 1.29 is 24.2 Å². The molecule has 0 spiro atoms. The number of benzene rings is 1. The molecule has 0 atom stereocenters. The van der Waals surface area contributed by atoms with Crippen molar-refractivity contribution in [2.75, 3.05) is 19.5 Å². The first-order valence-corrected chi connectivity index (χ1v) is 8.34. The van der Waals surface area contributed by atoms with E-state index >= 15 is 0 Å². The smallest absolute Gasteiger partial charge is 0.335 e. The Balaban J connectivity index is 2.15. The molecule has 24 heavy (non-hydrogen) atoms. The molecule has 1 aromatic rings. The van der Waals surface area contributed by atoms with Gasteiger partial charge in [-0.2, -0.15) is 0 Å². The van der Waals surface area contributed by atoms with Gasteiger partial charge in [-0.15, -0.1) is 0 Å². The van der Waals surface area contributed by atoms with Gasteiger partial charge in [-0.1, -0.05) is 25.7 Å². The van der Waals surface area contributed by atoms with Gasteiger partial charge >= 0.3 is 5.97 Å². The van der Waals surface area contributed by atoms with Gasteiger partial charge in [0.2, 0.25) is 5.91 Å². The quantitative estimate of drug-likeness (QED) is 0.774. The zero-order chi connectivity index (χ0) is 17.5. The number of aromatic carboxylic acids is 1. The van der Waals surface area contributed by atoms with Crippen LogP contribution in [-0.2, 0) is 4.79 Å². The van der Waals surface area contributed by atoms with E-state index in [4.69, 9.17) is 9.47 Å². The van der Waals surface area contributed by atoms with Crippen LogP contribution in [0.15, 0.2) is 12.1 Å². The highest BCUT2D eigenvalue weighted by atomic mass is 16.5. The summed E-state index contributed by atoms with van der Waals surface area (Å²) in [5.41, 5.74) is 0.366. The normalized spacial score (nSPS) is 15.4. The largest absolute Gasteiger partial charge is 0.493 e. The molecule has 0 saturated heterocycles. The summed E-state index contributed by atoms with van der Waals surface area (Å²) in [6, 6.07) is 2.77. The van der Waals surface area contributed by atoms with Gasteiger partial charge in [0.05, 0.1) is 25.5 Å². The molecule has 0 aliphatic heterocycles. The summed E-state index contributed by atoms with van der Waals surface area (Å²) in [5.74, 6) is -0.207. The molecule has 2 rings (SSSR count). The van der Waals surface area contributed by atoms with Crippen molar-refractivity contribution in [2.24, 2.45) is 5.92 Å². The highest BCUT2D eigenvalue weighted by molar-refractivity contribution is 5.96. The second-order valence-corrected chi connectivity index (χ2v) is 6.17. The molecule has 1 fully saturated rings. The van der Waals surface area contributed by atoms with E-state index in [0.717, 1.165) is 12.8 Å². The van der Waals surface area contributed by atoms with Crippen molar-refractivity contribution in [1.82, 2.24) is 0 Å². The lowest BCUT2D eigenvalue weighted by molar-refractivity contribution is -0.117. The number of hydrogen-bond acceptors (Lipinski definition) is 4. The van der Waals surface area contributed by atoms with Gasteiger partial charge in [0.1, 0.15) is 0 Å². The number of nitrogens with one attached hydrogen (secondary N) is 1. The van der Waals surface area contributed by atoms with Gasteiger partial charge in [0.25, 0.3) is 0 Å². The lowest BCUT2D eigenvalue weighted by atomic mass is 9.96. The topological polar surface area (TPSA) is 84.9 Å². The molecule has 0 radical (unpaired) electrons. The summed E-state index contributed by atoms with van der Waals surface area (Å²) >= 11 is 0. The summed E-state index contributed by atoms with van der Waals surface area (Å²) in [5, 5.41) is 12.0. The van der Waals surface area contributed by atoms with E-state index in [2.05, 4.69) is 5.32 Å². The van der Waals surface area contributed by atoms with Crippen LogP contribution in [0.3, 0.4) is 0 Å². The highest BCUT2D eigenvalue weighted by Gasteiger charge is 2.20. The number of hydrogen-bond donors (Lipinski definition) is 2. The van der Waals surface area contributed by atoms with E-state index in [9.17, 15) is 14.7 Å². The van der Waals surface area contributed by atoms with Crippen LogP contribution < -0.4 is 14.8 Å². The summed E-state index contributed by atoms with van der Waals surface area (Å²) in [4.78, 5) is 23.6. The van der Waals surface area contributed by atoms with Gasteiger partial charge < -0.3 is 19.9 Å². The molecule has 0 bridgehead atoms. The summed E-state index contributed by atoms with van der Waals surface area (Å²) in [6.45, 7) is 0. The van der Waals surface area contributed by atoms with Crippen LogP contribution in [0.4, 0.5) is 5.69 Å². The minimum Gasteiger partial charge on any atom is -0.493 e. The Hall–Kier alpha value is -2.24. The van der Waals surface area contributed by atoms with Crippen molar-refractivity contribution in [2.45, 2.75) is 44.9 Å². The number of carboxylic acids is 1. The summed E-state index contributed by atoms with van der Waals surface area (Å²) in [6.07, 6.45) is 7.41. The third-order valence-electron chi connectivity index (χ3n) is 4.45. The monoisotopic (exact) mass is 335 g/mol. The number of methoxy groups -OCH3 is 2. The third-order valence-corrected chi connectivity index (χ3v) is 4.45. The van der Waals surface area contributed by atoms with Crippen LogP contribution in [0.1, 0.15) is 55.3 Å². The van der Waals surface area contributed by atoms with E-state index in [0.29, 0.717) is 23.8 Å².